The van der Waals surface area contributed by atoms with Gasteiger partial charge in [-0.3, -0.25) is 0 Å². The molecule has 0 bridgehead atoms. The minimum Gasteiger partial charge on any atom is -0.378 e. The average Bonchev–Trinajstić information content (AvgIpc) is 2.78. The minimum atomic E-state index is 0.527. The number of nitrogens with zero attached hydrogens (tertiary/aromatic N) is 2. The van der Waals surface area contributed by atoms with Gasteiger partial charge in [0.25, 0.3) is 0 Å². The zero-order chi connectivity index (χ0) is 9.80. The van der Waals surface area contributed by atoms with E-state index in [1.807, 2.05) is 19.3 Å². The van der Waals surface area contributed by atoms with Crippen LogP contribution in [0.15, 0.2) is 12.4 Å². The lowest BCUT2D eigenvalue weighted by Gasteiger charge is -2.09. The molecule has 1 fully saturated rings. The number of ether oxygens (including phenoxy) is 1. The SMILES string of the molecule is Cc1nccn1CCCC1CCCO1. The Labute approximate surface area is 85.1 Å². The van der Waals surface area contributed by atoms with E-state index in [2.05, 4.69) is 9.55 Å². The molecule has 0 radical (unpaired) electrons. The van der Waals surface area contributed by atoms with Gasteiger partial charge in [0.05, 0.1) is 6.10 Å². The van der Waals surface area contributed by atoms with Crippen molar-refractivity contribution in [3.8, 4) is 0 Å². The molecule has 0 amide bonds. The average molecular weight is 194 g/mol. The Bertz CT molecular complexity index is 277. The van der Waals surface area contributed by atoms with Gasteiger partial charge in [0, 0.05) is 25.5 Å². The Hall–Kier alpha value is -0.830. The van der Waals surface area contributed by atoms with Crippen LogP contribution in [0, 0.1) is 6.92 Å². The fraction of sp³-hybridized carbons (Fsp3) is 0.727. The molecule has 2 heterocycles. The molecule has 3 nitrogen and oxygen atoms in total. The van der Waals surface area contributed by atoms with Crippen molar-refractivity contribution in [2.45, 2.75) is 45.3 Å². The second-order valence-corrected chi connectivity index (χ2v) is 3.95. The first-order chi connectivity index (χ1) is 6.86. The highest BCUT2D eigenvalue weighted by molar-refractivity contribution is 4.88. The van der Waals surface area contributed by atoms with Gasteiger partial charge < -0.3 is 9.30 Å². The van der Waals surface area contributed by atoms with Gasteiger partial charge in [0.1, 0.15) is 5.82 Å². The molecule has 1 aromatic heterocycles. The van der Waals surface area contributed by atoms with Crippen molar-refractivity contribution in [1.29, 1.82) is 0 Å². The molecular weight excluding hydrogens is 176 g/mol. The van der Waals surface area contributed by atoms with E-state index in [9.17, 15) is 0 Å². The monoisotopic (exact) mass is 194 g/mol. The molecule has 3 heteroatoms. The Morgan fingerprint density at radius 3 is 3.21 bits per heavy atom. The summed E-state index contributed by atoms with van der Waals surface area (Å²) in [6, 6.07) is 0. The van der Waals surface area contributed by atoms with Crippen LogP contribution in [0.1, 0.15) is 31.5 Å². The van der Waals surface area contributed by atoms with Gasteiger partial charge in [0.15, 0.2) is 0 Å². The quantitative estimate of drug-likeness (QED) is 0.734. The van der Waals surface area contributed by atoms with Gasteiger partial charge in [-0.15, -0.1) is 0 Å². The molecule has 78 valence electrons. The van der Waals surface area contributed by atoms with Crippen LogP contribution in [0.3, 0.4) is 0 Å². The highest BCUT2D eigenvalue weighted by atomic mass is 16.5. The van der Waals surface area contributed by atoms with Crippen LogP contribution in [0.4, 0.5) is 0 Å². The molecule has 1 aromatic rings. The smallest absolute Gasteiger partial charge is 0.105 e. The van der Waals surface area contributed by atoms with Crippen molar-refractivity contribution in [3.05, 3.63) is 18.2 Å². The Balaban J connectivity index is 1.70. The summed E-state index contributed by atoms with van der Waals surface area (Å²) in [4.78, 5) is 4.20. The maximum absolute atomic E-state index is 5.58. The molecule has 14 heavy (non-hydrogen) atoms. The molecule has 0 spiro atoms. The van der Waals surface area contributed by atoms with Gasteiger partial charge in [-0.2, -0.15) is 0 Å². The standard InChI is InChI=1S/C11H18N2O/c1-10-12-6-8-13(10)7-2-4-11-5-3-9-14-11/h6,8,11H,2-5,7,9H2,1H3. The lowest BCUT2D eigenvalue weighted by atomic mass is 10.1. The van der Waals surface area contributed by atoms with E-state index in [1.54, 1.807) is 0 Å². The molecule has 1 unspecified atom stereocenters. The summed E-state index contributed by atoms with van der Waals surface area (Å²) >= 11 is 0. The van der Waals surface area contributed by atoms with Crippen LogP contribution in [0.5, 0.6) is 0 Å². The maximum atomic E-state index is 5.58. The van der Waals surface area contributed by atoms with Gasteiger partial charge in [0.2, 0.25) is 0 Å². The Morgan fingerprint density at radius 2 is 2.57 bits per heavy atom. The zero-order valence-corrected chi connectivity index (χ0v) is 8.78. The molecule has 1 saturated heterocycles. The topological polar surface area (TPSA) is 27.1 Å². The minimum absolute atomic E-state index is 0.527. The Morgan fingerprint density at radius 1 is 1.64 bits per heavy atom. The van der Waals surface area contributed by atoms with E-state index in [-0.39, 0.29) is 0 Å². The van der Waals surface area contributed by atoms with Crippen LogP contribution < -0.4 is 0 Å². The third-order valence-corrected chi connectivity index (χ3v) is 2.87. The summed E-state index contributed by atoms with van der Waals surface area (Å²) in [6.45, 7) is 4.09. The van der Waals surface area contributed by atoms with Crippen molar-refractivity contribution in [2.75, 3.05) is 6.61 Å². The van der Waals surface area contributed by atoms with Crippen molar-refractivity contribution < 1.29 is 4.74 Å². The fourth-order valence-electron chi connectivity index (χ4n) is 2.00. The molecular formula is C11H18N2O. The number of hydrogen-bond acceptors (Lipinski definition) is 2. The number of aromatic nitrogens is 2. The first-order valence-corrected chi connectivity index (χ1v) is 5.45. The van der Waals surface area contributed by atoms with E-state index >= 15 is 0 Å². The van der Waals surface area contributed by atoms with Crippen molar-refractivity contribution >= 4 is 0 Å². The fourth-order valence-corrected chi connectivity index (χ4v) is 2.00. The summed E-state index contributed by atoms with van der Waals surface area (Å²) in [5.41, 5.74) is 0. The maximum Gasteiger partial charge on any atom is 0.105 e. The molecule has 1 aliphatic heterocycles. The van der Waals surface area contributed by atoms with Crippen molar-refractivity contribution in [3.63, 3.8) is 0 Å². The van der Waals surface area contributed by atoms with Crippen LogP contribution in [-0.4, -0.2) is 22.3 Å². The number of rotatable bonds is 4. The predicted molar refractivity (Wildman–Crippen MR) is 55.2 cm³/mol. The third kappa shape index (κ3) is 2.35. The van der Waals surface area contributed by atoms with Gasteiger partial charge in [-0.1, -0.05) is 0 Å². The summed E-state index contributed by atoms with van der Waals surface area (Å²) in [5, 5.41) is 0. The predicted octanol–water partition coefficient (Wildman–Crippen LogP) is 2.15. The third-order valence-electron chi connectivity index (χ3n) is 2.87. The van der Waals surface area contributed by atoms with Crippen LogP contribution in [0.2, 0.25) is 0 Å². The van der Waals surface area contributed by atoms with Gasteiger partial charge in [-0.05, 0) is 32.6 Å². The van der Waals surface area contributed by atoms with E-state index in [1.165, 1.54) is 25.7 Å². The van der Waals surface area contributed by atoms with Crippen LogP contribution in [0.25, 0.3) is 0 Å². The van der Waals surface area contributed by atoms with Gasteiger partial charge in [-0.25, -0.2) is 4.98 Å². The van der Waals surface area contributed by atoms with E-state index in [0.717, 1.165) is 19.0 Å². The molecule has 1 atom stereocenters. The lowest BCUT2D eigenvalue weighted by Crippen LogP contribution is -2.07. The first kappa shape index (κ1) is 9.71. The van der Waals surface area contributed by atoms with Crippen molar-refractivity contribution in [1.82, 2.24) is 9.55 Å². The number of hydrogen-bond donors (Lipinski definition) is 0. The Kier molecular flexibility index (Phi) is 3.19. The molecule has 2 rings (SSSR count). The summed E-state index contributed by atoms with van der Waals surface area (Å²) in [7, 11) is 0. The largest absolute Gasteiger partial charge is 0.378 e. The highest BCUT2D eigenvalue weighted by Crippen LogP contribution is 2.17. The van der Waals surface area contributed by atoms with E-state index in [0.29, 0.717) is 6.10 Å². The molecule has 0 N–H and O–H groups in total. The molecule has 0 aliphatic carbocycles. The molecule has 0 aromatic carbocycles. The lowest BCUT2D eigenvalue weighted by molar-refractivity contribution is 0.101. The number of aryl methyl sites for hydroxylation is 2. The summed E-state index contributed by atoms with van der Waals surface area (Å²) in [6.07, 6.45) is 9.32. The number of imidazole rings is 1. The molecule has 1 aliphatic rings. The van der Waals surface area contributed by atoms with E-state index < -0.39 is 0 Å². The molecule has 0 saturated carbocycles. The highest BCUT2D eigenvalue weighted by Gasteiger charge is 2.14. The van der Waals surface area contributed by atoms with Crippen LogP contribution in [-0.2, 0) is 11.3 Å². The zero-order valence-electron chi connectivity index (χ0n) is 8.78. The summed E-state index contributed by atoms with van der Waals surface area (Å²) in [5.74, 6) is 1.11. The van der Waals surface area contributed by atoms with Crippen molar-refractivity contribution in [2.24, 2.45) is 0 Å². The normalized spacial score (nSPS) is 21.6. The first-order valence-electron chi connectivity index (χ1n) is 5.45. The summed E-state index contributed by atoms with van der Waals surface area (Å²) < 4.78 is 7.78. The van der Waals surface area contributed by atoms with Crippen LogP contribution >= 0.6 is 0 Å². The second kappa shape index (κ2) is 4.60. The van der Waals surface area contributed by atoms with Gasteiger partial charge >= 0.3 is 0 Å². The van der Waals surface area contributed by atoms with E-state index in [4.69, 9.17) is 4.74 Å². The second-order valence-electron chi connectivity index (χ2n) is 3.95.